The summed E-state index contributed by atoms with van der Waals surface area (Å²) >= 11 is 0. The molecule has 0 fully saturated rings. The quantitative estimate of drug-likeness (QED) is 0.755. The van der Waals surface area contributed by atoms with Crippen molar-refractivity contribution in [1.29, 1.82) is 0 Å². The van der Waals surface area contributed by atoms with E-state index in [4.69, 9.17) is 5.73 Å². The number of aromatic nitrogens is 1. The molecule has 3 N–H and O–H groups in total. The third-order valence-electron chi connectivity index (χ3n) is 3.14. The first-order chi connectivity index (χ1) is 7.81. The van der Waals surface area contributed by atoms with Gasteiger partial charge in [-0.2, -0.15) is 0 Å². The third kappa shape index (κ3) is 2.49. The molecule has 1 aromatic heterocycles. The van der Waals surface area contributed by atoms with Crippen molar-refractivity contribution in [2.45, 2.75) is 31.8 Å². The van der Waals surface area contributed by atoms with Crippen LogP contribution in [0.2, 0.25) is 0 Å². The van der Waals surface area contributed by atoms with E-state index in [2.05, 4.69) is 29.4 Å². The fourth-order valence-corrected chi connectivity index (χ4v) is 2.16. The van der Waals surface area contributed by atoms with Gasteiger partial charge in [-0.15, -0.1) is 0 Å². The van der Waals surface area contributed by atoms with E-state index in [9.17, 15) is 0 Å². The largest absolute Gasteiger partial charge is 0.329 e. The van der Waals surface area contributed by atoms with E-state index in [0.29, 0.717) is 12.6 Å². The number of hydrogen-bond acceptors (Lipinski definition) is 3. The minimum Gasteiger partial charge on any atom is -0.329 e. The Kier molecular flexibility index (Phi) is 3.70. The van der Waals surface area contributed by atoms with Crippen LogP contribution in [0, 0.1) is 6.92 Å². The minimum atomic E-state index is 0.221. The average molecular weight is 217 g/mol. The van der Waals surface area contributed by atoms with E-state index in [1.54, 1.807) is 0 Å². The van der Waals surface area contributed by atoms with Crippen LogP contribution in [0.25, 0.3) is 0 Å². The molecule has 1 heterocycles. The lowest BCUT2D eigenvalue weighted by Crippen LogP contribution is -2.35. The van der Waals surface area contributed by atoms with E-state index >= 15 is 0 Å². The summed E-state index contributed by atoms with van der Waals surface area (Å²) in [5, 5.41) is 3.60. The summed E-state index contributed by atoms with van der Waals surface area (Å²) in [7, 11) is 0. The van der Waals surface area contributed by atoms with Gasteiger partial charge in [0, 0.05) is 31.0 Å². The van der Waals surface area contributed by atoms with Crippen molar-refractivity contribution in [2.24, 2.45) is 5.73 Å². The van der Waals surface area contributed by atoms with Crippen LogP contribution in [0.15, 0.2) is 30.6 Å². The van der Waals surface area contributed by atoms with E-state index in [0.717, 1.165) is 12.8 Å². The van der Waals surface area contributed by atoms with Gasteiger partial charge in [-0.25, -0.2) is 0 Å². The molecule has 1 aliphatic carbocycles. The molecular formula is C13H19N3. The summed E-state index contributed by atoms with van der Waals surface area (Å²) in [6.07, 6.45) is 10.4. The van der Waals surface area contributed by atoms with Gasteiger partial charge >= 0.3 is 0 Å². The van der Waals surface area contributed by atoms with Crippen LogP contribution in [-0.2, 0) is 0 Å². The molecule has 1 atom stereocenters. The van der Waals surface area contributed by atoms with Crippen molar-refractivity contribution in [3.8, 4) is 0 Å². The van der Waals surface area contributed by atoms with Gasteiger partial charge in [0.2, 0.25) is 0 Å². The molecule has 86 valence electrons. The fourth-order valence-electron chi connectivity index (χ4n) is 2.16. The van der Waals surface area contributed by atoms with E-state index < -0.39 is 0 Å². The number of nitrogens with one attached hydrogen (secondary N) is 1. The normalized spacial score (nSPS) is 17.9. The van der Waals surface area contributed by atoms with Crippen LogP contribution < -0.4 is 11.1 Å². The Morgan fingerprint density at radius 2 is 2.25 bits per heavy atom. The highest BCUT2D eigenvalue weighted by Crippen LogP contribution is 2.19. The molecule has 2 rings (SSSR count). The van der Waals surface area contributed by atoms with Crippen molar-refractivity contribution in [3.63, 3.8) is 0 Å². The van der Waals surface area contributed by atoms with Crippen molar-refractivity contribution in [1.82, 2.24) is 10.3 Å². The Morgan fingerprint density at radius 3 is 2.88 bits per heavy atom. The van der Waals surface area contributed by atoms with Gasteiger partial charge in [0.05, 0.1) is 0 Å². The first-order valence-electron chi connectivity index (χ1n) is 5.83. The summed E-state index contributed by atoms with van der Waals surface area (Å²) in [6.45, 7) is 2.72. The van der Waals surface area contributed by atoms with Gasteiger partial charge in [-0.1, -0.05) is 12.2 Å². The van der Waals surface area contributed by atoms with Crippen LogP contribution in [0.5, 0.6) is 0 Å². The monoisotopic (exact) mass is 217 g/mol. The number of hydrogen-bond donors (Lipinski definition) is 2. The zero-order valence-electron chi connectivity index (χ0n) is 9.69. The lowest BCUT2D eigenvalue weighted by atomic mass is 10.0. The summed E-state index contributed by atoms with van der Waals surface area (Å²) in [5.41, 5.74) is 8.31. The topological polar surface area (TPSA) is 50.9 Å². The second kappa shape index (κ2) is 5.23. The highest BCUT2D eigenvalue weighted by Gasteiger charge is 2.17. The zero-order chi connectivity index (χ0) is 11.4. The molecule has 0 radical (unpaired) electrons. The van der Waals surface area contributed by atoms with Gasteiger partial charge in [0.1, 0.15) is 0 Å². The highest BCUT2D eigenvalue weighted by molar-refractivity contribution is 5.25. The number of nitrogens with two attached hydrogens (primary N) is 1. The number of pyridine rings is 1. The van der Waals surface area contributed by atoms with Gasteiger partial charge in [0.15, 0.2) is 0 Å². The van der Waals surface area contributed by atoms with Gasteiger partial charge in [-0.3, -0.25) is 4.98 Å². The predicted octanol–water partition coefficient (Wildman–Crippen LogP) is 1.70. The molecule has 16 heavy (non-hydrogen) atoms. The van der Waals surface area contributed by atoms with Gasteiger partial charge < -0.3 is 11.1 Å². The molecule has 3 heteroatoms. The van der Waals surface area contributed by atoms with E-state index in [-0.39, 0.29) is 6.04 Å². The predicted molar refractivity (Wildman–Crippen MR) is 66.1 cm³/mol. The fraction of sp³-hybridized carbons (Fsp3) is 0.462. The standard InChI is InChI=1S/C13H19N3/c1-10-6-7-15-9-12(10)13(8-14)16-11-4-2-3-5-11/h2-3,6-7,9,11,13,16H,4-5,8,14H2,1H3. The number of nitrogens with zero attached hydrogens (tertiary/aromatic N) is 1. The molecular weight excluding hydrogens is 198 g/mol. The lowest BCUT2D eigenvalue weighted by Gasteiger charge is -2.23. The molecule has 0 saturated carbocycles. The Balaban J connectivity index is 2.07. The van der Waals surface area contributed by atoms with Crippen LogP contribution >= 0.6 is 0 Å². The second-order valence-corrected chi connectivity index (χ2v) is 4.33. The lowest BCUT2D eigenvalue weighted by molar-refractivity contribution is 0.451. The smallest absolute Gasteiger partial charge is 0.0464 e. The van der Waals surface area contributed by atoms with Gasteiger partial charge in [0.25, 0.3) is 0 Å². The summed E-state index contributed by atoms with van der Waals surface area (Å²) < 4.78 is 0. The Bertz CT molecular complexity index is 365. The first-order valence-corrected chi connectivity index (χ1v) is 5.83. The molecule has 1 aromatic rings. The van der Waals surface area contributed by atoms with E-state index in [1.807, 2.05) is 18.5 Å². The number of rotatable bonds is 4. The molecule has 1 aliphatic rings. The van der Waals surface area contributed by atoms with Gasteiger partial charge in [-0.05, 0) is 37.0 Å². The molecule has 0 amide bonds. The third-order valence-corrected chi connectivity index (χ3v) is 3.14. The zero-order valence-corrected chi connectivity index (χ0v) is 9.69. The molecule has 0 saturated heterocycles. The second-order valence-electron chi connectivity index (χ2n) is 4.33. The average Bonchev–Trinajstić information content (AvgIpc) is 2.80. The molecule has 0 aromatic carbocycles. The summed E-state index contributed by atoms with van der Waals surface area (Å²) in [6, 6.07) is 2.79. The van der Waals surface area contributed by atoms with Crippen molar-refractivity contribution < 1.29 is 0 Å². The number of aryl methyl sites for hydroxylation is 1. The van der Waals surface area contributed by atoms with Crippen LogP contribution in [0.3, 0.4) is 0 Å². The van der Waals surface area contributed by atoms with Crippen molar-refractivity contribution in [2.75, 3.05) is 6.54 Å². The molecule has 0 spiro atoms. The maximum absolute atomic E-state index is 5.84. The van der Waals surface area contributed by atoms with Crippen molar-refractivity contribution in [3.05, 3.63) is 41.7 Å². The van der Waals surface area contributed by atoms with Crippen molar-refractivity contribution >= 4 is 0 Å². The Morgan fingerprint density at radius 1 is 1.50 bits per heavy atom. The Hall–Kier alpha value is -1.19. The maximum Gasteiger partial charge on any atom is 0.0464 e. The van der Waals surface area contributed by atoms with Crippen LogP contribution in [-0.4, -0.2) is 17.6 Å². The summed E-state index contributed by atoms with van der Waals surface area (Å²) in [4.78, 5) is 4.18. The summed E-state index contributed by atoms with van der Waals surface area (Å²) in [5.74, 6) is 0. The Labute approximate surface area is 96.8 Å². The van der Waals surface area contributed by atoms with Crippen LogP contribution in [0.1, 0.15) is 30.0 Å². The maximum atomic E-state index is 5.84. The van der Waals surface area contributed by atoms with Crippen LogP contribution in [0.4, 0.5) is 0 Å². The molecule has 0 bridgehead atoms. The molecule has 0 aliphatic heterocycles. The highest BCUT2D eigenvalue weighted by atomic mass is 15.0. The van der Waals surface area contributed by atoms with E-state index in [1.165, 1.54) is 11.1 Å². The molecule has 1 unspecified atom stereocenters. The SMILES string of the molecule is Cc1ccncc1C(CN)NC1CC=CC1. The minimum absolute atomic E-state index is 0.221. The molecule has 3 nitrogen and oxygen atoms in total. The first kappa shape index (κ1) is 11.3.